The Hall–Kier alpha value is -1.47. The molecule has 1 rings (SSSR count). The quantitative estimate of drug-likeness (QED) is 0.765. The number of benzene rings is 1. The molecule has 1 aromatic carbocycles. The number of carbonyl (C=O) groups excluding carboxylic acids is 1. The first-order chi connectivity index (χ1) is 9.80. The third-order valence-electron chi connectivity index (χ3n) is 3.21. The van der Waals surface area contributed by atoms with Crippen LogP contribution in [0.25, 0.3) is 0 Å². The molecular weight excluding hydrogens is 295 g/mol. The van der Waals surface area contributed by atoms with Gasteiger partial charge in [-0.05, 0) is 31.5 Å². The van der Waals surface area contributed by atoms with Crippen LogP contribution in [0.5, 0.6) is 0 Å². The largest absolute Gasteiger partial charge is 0.342 e. The van der Waals surface area contributed by atoms with Crippen LogP contribution in [0.4, 0.5) is 4.39 Å². The summed E-state index contributed by atoms with van der Waals surface area (Å²) in [6.45, 7) is 4.58. The van der Waals surface area contributed by atoms with Gasteiger partial charge in [-0.25, -0.2) is 12.8 Å². The molecule has 0 aliphatic heterocycles. The van der Waals surface area contributed by atoms with E-state index < -0.39 is 15.8 Å². The Kier molecular flexibility index (Phi) is 6.29. The van der Waals surface area contributed by atoms with Crippen LogP contribution < -0.4 is 0 Å². The van der Waals surface area contributed by atoms with Crippen molar-refractivity contribution in [1.82, 2.24) is 9.21 Å². The third kappa shape index (κ3) is 5.09. The smallest absolute Gasteiger partial charge is 0.237 e. The Morgan fingerprint density at radius 1 is 1.14 bits per heavy atom. The minimum Gasteiger partial charge on any atom is -0.342 e. The van der Waals surface area contributed by atoms with Crippen LogP contribution in [0, 0.1) is 5.82 Å². The Morgan fingerprint density at radius 2 is 1.67 bits per heavy atom. The molecule has 0 aliphatic rings. The fraction of sp³-hybridized carbons (Fsp3) is 0.500. The number of nitrogens with zero attached hydrogens (tertiary/aromatic N) is 2. The van der Waals surface area contributed by atoms with E-state index in [0.717, 1.165) is 4.31 Å². The normalized spacial score (nSPS) is 11.7. The van der Waals surface area contributed by atoms with Gasteiger partial charge in [0.1, 0.15) is 5.82 Å². The molecule has 118 valence electrons. The van der Waals surface area contributed by atoms with Gasteiger partial charge < -0.3 is 4.90 Å². The summed E-state index contributed by atoms with van der Waals surface area (Å²) in [6, 6.07) is 5.28. The van der Waals surface area contributed by atoms with Crippen molar-refractivity contribution in [2.75, 3.05) is 26.7 Å². The van der Waals surface area contributed by atoms with Crippen molar-refractivity contribution in [2.45, 2.75) is 19.6 Å². The number of halogens is 1. The molecule has 0 spiro atoms. The van der Waals surface area contributed by atoms with Crippen LogP contribution in [-0.2, 0) is 20.6 Å². The fourth-order valence-corrected chi connectivity index (χ4v) is 3.01. The lowest BCUT2D eigenvalue weighted by Crippen LogP contribution is -2.41. The molecule has 0 N–H and O–H groups in total. The highest BCUT2D eigenvalue weighted by Gasteiger charge is 2.22. The van der Waals surface area contributed by atoms with Crippen molar-refractivity contribution < 1.29 is 17.6 Å². The maximum atomic E-state index is 12.8. The molecule has 5 nitrogen and oxygen atoms in total. The molecule has 1 aromatic rings. The average molecular weight is 316 g/mol. The summed E-state index contributed by atoms with van der Waals surface area (Å²) >= 11 is 0. The van der Waals surface area contributed by atoms with Gasteiger partial charge in [0.2, 0.25) is 15.9 Å². The van der Waals surface area contributed by atoms with Crippen LogP contribution in [0.2, 0.25) is 0 Å². The first-order valence-electron chi connectivity index (χ1n) is 6.76. The van der Waals surface area contributed by atoms with E-state index in [1.54, 1.807) is 4.90 Å². The summed E-state index contributed by atoms with van der Waals surface area (Å²) in [6.07, 6.45) is 0. The molecule has 0 saturated carbocycles. The Bertz CT molecular complexity index is 568. The molecule has 0 heterocycles. The van der Waals surface area contributed by atoms with Crippen LogP contribution in [-0.4, -0.2) is 50.2 Å². The Morgan fingerprint density at radius 3 is 2.14 bits per heavy atom. The second-order valence-corrected chi connectivity index (χ2v) is 6.78. The zero-order chi connectivity index (χ0) is 16.0. The van der Waals surface area contributed by atoms with Gasteiger partial charge in [-0.15, -0.1) is 0 Å². The van der Waals surface area contributed by atoms with Gasteiger partial charge >= 0.3 is 0 Å². The van der Waals surface area contributed by atoms with E-state index in [9.17, 15) is 17.6 Å². The van der Waals surface area contributed by atoms with E-state index in [-0.39, 0.29) is 18.2 Å². The molecule has 0 atom stereocenters. The van der Waals surface area contributed by atoms with Crippen molar-refractivity contribution in [2.24, 2.45) is 0 Å². The van der Waals surface area contributed by atoms with Gasteiger partial charge in [0.15, 0.2) is 0 Å². The average Bonchev–Trinajstić information content (AvgIpc) is 2.42. The molecule has 0 aromatic heterocycles. The first-order valence-corrected chi connectivity index (χ1v) is 8.37. The fourth-order valence-electron chi connectivity index (χ4n) is 1.87. The molecule has 0 bridgehead atoms. The molecule has 7 heteroatoms. The van der Waals surface area contributed by atoms with Crippen molar-refractivity contribution in [3.8, 4) is 0 Å². The molecule has 1 amide bonds. The van der Waals surface area contributed by atoms with Gasteiger partial charge in [-0.1, -0.05) is 12.1 Å². The summed E-state index contributed by atoms with van der Waals surface area (Å²) in [7, 11) is -2.23. The van der Waals surface area contributed by atoms with Crippen LogP contribution in [0.1, 0.15) is 19.4 Å². The number of likely N-dealkylation sites (N-methyl/N-ethyl adjacent to an activating group) is 2. The minimum absolute atomic E-state index is 0.189. The predicted octanol–water partition coefficient (Wildman–Crippen LogP) is 1.46. The molecule has 0 radical (unpaired) electrons. The van der Waals surface area contributed by atoms with E-state index in [4.69, 9.17) is 0 Å². The lowest BCUT2D eigenvalue weighted by molar-refractivity contribution is -0.130. The summed E-state index contributed by atoms with van der Waals surface area (Å²) in [4.78, 5) is 13.5. The third-order valence-corrected chi connectivity index (χ3v) is 4.99. The van der Waals surface area contributed by atoms with Crippen molar-refractivity contribution in [3.05, 3.63) is 35.6 Å². The lowest BCUT2D eigenvalue weighted by atomic mass is 10.2. The second kappa shape index (κ2) is 7.51. The van der Waals surface area contributed by atoms with E-state index in [2.05, 4.69) is 0 Å². The van der Waals surface area contributed by atoms with Gasteiger partial charge in [0, 0.05) is 20.1 Å². The number of amides is 1. The maximum absolute atomic E-state index is 12.8. The molecule has 0 aliphatic carbocycles. The lowest BCUT2D eigenvalue weighted by Gasteiger charge is -2.23. The highest BCUT2D eigenvalue weighted by molar-refractivity contribution is 7.88. The van der Waals surface area contributed by atoms with Gasteiger partial charge in [-0.3, -0.25) is 4.79 Å². The van der Waals surface area contributed by atoms with Crippen molar-refractivity contribution >= 4 is 15.9 Å². The summed E-state index contributed by atoms with van der Waals surface area (Å²) in [5.74, 6) is -0.902. The molecule has 0 saturated heterocycles. The Labute approximate surface area is 125 Å². The van der Waals surface area contributed by atoms with E-state index in [1.807, 2.05) is 13.8 Å². The zero-order valence-electron chi connectivity index (χ0n) is 12.5. The second-order valence-electron chi connectivity index (χ2n) is 4.70. The maximum Gasteiger partial charge on any atom is 0.237 e. The van der Waals surface area contributed by atoms with Gasteiger partial charge in [0.05, 0.1) is 12.3 Å². The van der Waals surface area contributed by atoms with Crippen molar-refractivity contribution in [1.29, 1.82) is 0 Å². The SMILES string of the molecule is CCN(CC)C(=O)CN(C)S(=O)(=O)Cc1ccc(F)cc1. The highest BCUT2D eigenvalue weighted by Crippen LogP contribution is 2.10. The van der Waals surface area contributed by atoms with Crippen LogP contribution in [0.15, 0.2) is 24.3 Å². The zero-order valence-corrected chi connectivity index (χ0v) is 13.4. The van der Waals surface area contributed by atoms with E-state index >= 15 is 0 Å². The predicted molar refractivity (Wildman–Crippen MR) is 79.6 cm³/mol. The minimum atomic E-state index is -3.61. The Balaban J connectivity index is 2.73. The molecule has 0 fully saturated rings. The molecule has 0 unspecified atom stereocenters. The summed E-state index contributed by atoms with van der Waals surface area (Å²) < 4.78 is 38.2. The standard InChI is InChI=1S/C14H21FN2O3S/c1-4-17(5-2)14(18)10-16(3)21(19,20)11-12-6-8-13(15)9-7-12/h6-9H,4-5,10-11H2,1-3H3. The van der Waals surface area contributed by atoms with Gasteiger partial charge in [-0.2, -0.15) is 4.31 Å². The van der Waals surface area contributed by atoms with Gasteiger partial charge in [0.25, 0.3) is 0 Å². The first kappa shape index (κ1) is 17.6. The van der Waals surface area contributed by atoms with Crippen LogP contribution >= 0.6 is 0 Å². The highest BCUT2D eigenvalue weighted by atomic mass is 32.2. The molecular formula is C14H21FN2O3S. The number of hydrogen-bond acceptors (Lipinski definition) is 3. The number of carbonyl (C=O) groups is 1. The topological polar surface area (TPSA) is 57.7 Å². The number of hydrogen-bond donors (Lipinski definition) is 0. The van der Waals surface area contributed by atoms with E-state index in [1.165, 1.54) is 31.3 Å². The van der Waals surface area contributed by atoms with E-state index in [0.29, 0.717) is 18.7 Å². The summed E-state index contributed by atoms with van der Waals surface area (Å²) in [5.41, 5.74) is 0.485. The van der Waals surface area contributed by atoms with Crippen LogP contribution in [0.3, 0.4) is 0 Å². The van der Waals surface area contributed by atoms with Crippen molar-refractivity contribution in [3.63, 3.8) is 0 Å². The monoisotopic (exact) mass is 316 g/mol. The number of sulfonamides is 1. The number of rotatable bonds is 7. The molecule has 21 heavy (non-hydrogen) atoms. The summed E-state index contributed by atoms with van der Waals surface area (Å²) in [5, 5.41) is 0.